The van der Waals surface area contributed by atoms with Crippen molar-refractivity contribution in [2.75, 3.05) is 12.4 Å². The Morgan fingerprint density at radius 2 is 2.04 bits per heavy atom. The van der Waals surface area contributed by atoms with E-state index >= 15 is 0 Å². The van der Waals surface area contributed by atoms with Gasteiger partial charge in [-0.15, -0.1) is 0 Å². The molecule has 0 saturated heterocycles. The second-order valence-electron chi connectivity index (χ2n) is 4.70. The van der Waals surface area contributed by atoms with Gasteiger partial charge in [0.25, 0.3) is 11.5 Å². The third-order valence-corrected chi connectivity index (χ3v) is 2.94. The molecule has 2 aromatic rings. The summed E-state index contributed by atoms with van der Waals surface area (Å²) in [6.45, 7) is 1.63. The fourth-order valence-corrected chi connectivity index (χ4v) is 1.90. The predicted molar refractivity (Wildman–Crippen MR) is 83.3 cm³/mol. The molecule has 0 aliphatic carbocycles. The van der Waals surface area contributed by atoms with Crippen LogP contribution in [0.3, 0.4) is 0 Å². The molecule has 1 aromatic carbocycles. The van der Waals surface area contributed by atoms with Crippen molar-refractivity contribution in [3.63, 3.8) is 0 Å². The summed E-state index contributed by atoms with van der Waals surface area (Å²) in [4.78, 5) is 34.0. The van der Waals surface area contributed by atoms with E-state index in [1.807, 2.05) is 0 Å². The van der Waals surface area contributed by atoms with E-state index in [9.17, 15) is 14.4 Å². The third kappa shape index (κ3) is 4.40. The molecule has 8 nitrogen and oxygen atoms in total. The number of carbonyl (C=O) groups excluding carboxylic acids is 2. The molecule has 2 amide bonds. The SMILES string of the molecule is COc1ccc(CNC(=O)c2ccc(=O)[nH]n2)cc1NC(C)=O. The normalized spacial score (nSPS) is 10.0. The molecule has 120 valence electrons. The van der Waals surface area contributed by atoms with Crippen molar-refractivity contribution in [3.8, 4) is 5.75 Å². The molecule has 3 N–H and O–H groups in total. The highest BCUT2D eigenvalue weighted by molar-refractivity contribution is 5.92. The minimum Gasteiger partial charge on any atom is -0.495 e. The number of rotatable bonds is 5. The van der Waals surface area contributed by atoms with E-state index in [2.05, 4.69) is 20.8 Å². The first kappa shape index (κ1) is 16.2. The lowest BCUT2D eigenvalue weighted by atomic mass is 10.1. The third-order valence-electron chi connectivity index (χ3n) is 2.94. The second-order valence-corrected chi connectivity index (χ2v) is 4.70. The van der Waals surface area contributed by atoms with Crippen molar-refractivity contribution < 1.29 is 14.3 Å². The number of ether oxygens (including phenoxy) is 1. The van der Waals surface area contributed by atoms with E-state index in [-0.39, 0.29) is 23.7 Å². The Hall–Kier alpha value is -3.16. The van der Waals surface area contributed by atoms with Crippen LogP contribution in [0.15, 0.2) is 35.1 Å². The summed E-state index contributed by atoms with van der Waals surface area (Å²) in [5.74, 6) is -0.113. The van der Waals surface area contributed by atoms with Crippen molar-refractivity contribution >= 4 is 17.5 Å². The van der Waals surface area contributed by atoms with Gasteiger partial charge in [0.15, 0.2) is 0 Å². The van der Waals surface area contributed by atoms with Gasteiger partial charge in [-0.2, -0.15) is 5.10 Å². The average Bonchev–Trinajstić information content (AvgIpc) is 2.53. The minimum atomic E-state index is -0.418. The molecule has 1 heterocycles. The van der Waals surface area contributed by atoms with Crippen molar-refractivity contribution in [3.05, 3.63) is 51.9 Å². The lowest BCUT2D eigenvalue weighted by Gasteiger charge is -2.11. The number of H-pyrrole nitrogens is 1. The van der Waals surface area contributed by atoms with Crippen molar-refractivity contribution in [2.45, 2.75) is 13.5 Å². The molecule has 0 radical (unpaired) electrons. The van der Waals surface area contributed by atoms with E-state index < -0.39 is 5.91 Å². The van der Waals surface area contributed by atoms with Crippen LogP contribution in [0.25, 0.3) is 0 Å². The molecule has 1 aromatic heterocycles. The maximum atomic E-state index is 11.9. The van der Waals surface area contributed by atoms with Gasteiger partial charge in [-0.25, -0.2) is 5.10 Å². The lowest BCUT2D eigenvalue weighted by molar-refractivity contribution is -0.114. The smallest absolute Gasteiger partial charge is 0.271 e. The Balaban J connectivity index is 2.07. The zero-order chi connectivity index (χ0) is 16.8. The van der Waals surface area contributed by atoms with Gasteiger partial charge in [0.05, 0.1) is 12.8 Å². The molecule has 0 atom stereocenters. The zero-order valence-electron chi connectivity index (χ0n) is 12.7. The number of aromatic amines is 1. The largest absolute Gasteiger partial charge is 0.495 e. The quantitative estimate of drug-likeness (QED) is 0.750. The first-order chi connectivity index (χ1) is 11.0. The highest BCUT2D eigenvalue weighted by Gasteiger charge is 2.09. The fraction of sp³-hybridized carbons (Fsp3) is 0.200. The van der Waals surface area contributed by atoms with Crippen LogP contribution in [0, 0.1) is 0 Å². The Morgan fingerprint density at radius 3 is 2.65 bits per heavy atom. The Labute approximate surface area is 131 Å². The van der Waals surface area contributed by atoms with E-state index in [1.165, 1.54) is 26.2 Å². The molecule has 2 rings (SSSR count). The number of hydrogen-bond donors (Lipinski definition) is 3. The molecule has 8 heteroatoms. The van der Waals surface area contributed by atoms with Crippen LogP contribution in [0.4, 0.5) is 5.69 Å². The number of benzene rings is 1. The molecular formula is C15H16N4O4. The maximum absolute atomic E-state index is 11.9. The van der Waals surface area contributed by atoms with Gasteiger partial charge < -0.3 is 15.4 Å². The summed E-state index contributed by atoms with van der Waals surface area (Å²) in [6.07, 6.45) is 0. The van der Waals surface area contributed by atoms with Crippen LogP contribution >= 0.6 is 0 Å². The number of nitrogens with zero attached hydrogens (tertiary/aromatic N) is 1. The van der Waals surface area contributed by atoms with Crippen LogP contribution in [-0.4, -0.2) is 29.1 Å². The summed E-state index contributed by atoms with van der Waals surface area (Å²) in [5.41, 5.74) is 1.03. The van der Waals surface area contributed by atoms with Gasteiger partial charge >= 0.3 is 0 Å². The Kier molecular flexibility index (Phi) is 5.08. The van der Waals surface area contributed by atoms with Crippen LogP contribution in [0.2, 0.25) is 0 Å². The van der Waals surface area contributed by atoms with E-state index in [0.717, 1.165) is 5.56 Å². The Morgan fingerprint density at radius 1 is 1.26 bits per heavy atom. The predicted octanol–water partition coefficient (Wildman–Crippen LogP) is 0.667. The molecule has 0 aliphatic heterocycles. The number of carbonyl (C=O) groups is 2. The topological polar surface area (TPSA) is 113 Å². The zero-order valence-corrected chi connectivity index (χ0v) is 12.7. The summed E-state index contributed by atoms with van der Waals surface area (Å²) in [5, 5.41) is 11.2. The maximum Gasteiger partial charge on any atom is 0.271 e. The molecule has 0 spiro atoms. The van der Waals surface area contributed by atoms with Crippen LogP contribution in [0.5, 0.6) is 5.75 Å². The second kappa shape index (κ2) is 7.21. The monoisotopic (exact) mass is 316 g/mol. The average molecular weight is 316 g/mol. The van der Waals surface area contributed by atoms with E-state index in [1.54, 1.807) is 18.2 Å². The first-order valence-corrected chi connectivity index (χ1v) is 6.78. The standard InChI is InChI=1S/C15H16N4O4/c1-9(20)17-12-7-10(3-5-13(12)23-2)8-16-15(22)11-4-6-14(21)19-18-11/h3-7H,8H2,1-2H3,(H,16,22)(H,17,20)(H,19,21). The van der Waals surface area contributed by atoms with Gasteiger partial charge in [-0.3, -0.25) is 14.4 Å². The molecule has 0 aliphatic rings. The van der Waals surface area contributed by atoms with Crippen LogP contribution in [-0.2, 0) is 11.3 Å². The van der Waals surface area contributed by atoms with Crippen molar-refractivity contribution in [1.82, 2.24) is 15.5 Å². The Bertz CT molecular complexity index is 765. The minimum absolute atomic E-state index is 0.111. The number of amides is 2. The molecule has 0 fully saturated rings. The summed E-state index contributed by atoms with van der Waals surface area (Å²) < 4.78 is 5.16. The summed E-state index contributed by atoms with van der Waals surface area (Å²) >= 11 is 0. The van der Waals surface area contributed by atoms with Crippen LogP contribution in [0.1, 0.15) is 23.0 Å². The van der Waals surface area contributed by atoms with Crippen LogP contribution < -0.4 is 20.9 Å². The van der Waals surface area contributed by atoms with E-state index in [0.29, 0.717) is 11.4 Å². The van der Waals surface area contributed by atoms with Gasteiger partial charge in [-0.1, -0.05) is 6.07 Å². The van der Waals surface area contributed by atoms with Crippen molar-refractivity contribution in [1.29, 1.82) is 0 Å². The van der Waals surface area contributed by atoms with Gasteiger partial charge in [0.2, 0.25) is 5.91 Å². The first-order valence-electron chi connectivity index (χ1n) is 6.78. The van der Waals surface area contributed by atoms with Crippen molar-refractivity contribution in [2.24, 2.45) is 0 Å². The molecule has 0 bridgehead atoms. The molecule has 0 saturated carbocycles. The molecular weight excluding hydrogens is 300 g/mol. The molecule has 0 unspecified atom stereocenters. The summed E-state index contributed by atoms with van der Waals surface area (Å²) in [7, 11) is 1.50. The van der Waals surface area contributed by atoms with Gasteiger partial charge in [-0.05, 0) is 23.8 Å². The highest BCUT2D eigenvalue weighted by Crippen LogP contribution is 2.25. The molecule has 23 heavy (non-hydrogen) atoms. The number of aromatic nitrogens is 2. The number of anilines is 1. The lowest BCUT2D eigenvalue weighted by Crippen LogP contribution is -2.25. The van der Waals surface area contributed by atoms with E-state index in [4.69, 9.17) is 4.74 Å². The number of hydrogen-bond acceptors (Lipinski definition) is 5. The summed E-state index contributed by atoms with van der Waals surface area (Å²) in [6, 6.07) is 7.74. The number of methoxy groups -OCH3 is 1. The van der Waals surface area contributed by atoms with Gasteiger partial charge in [0, 0.05) is 19.5 Å². The number of nitrogens with one attached hydrogen (secondary N) is 3. The highest BCUT2D eigenvalue weighted by atomic mass is 16.5. The van der Waals surface area contributed by atoms with Gasteiger partial charge in [0.1, 0.15) is 11.4 Å². The fourth-order valence-electron chi connectivity index (χ4n) is 1.90.